The minimum Gasteiger partial charge on any atom is -0.497 e. The summed E-state index contributed by atoms with van der Waals surface area (Å²) in [5.41, 5.74) is 5.16. The third-order valence-electron chi connectivity index (χ3n) is 4.74. The molecule has 30 heavy (non-hydrogen) atoms. The Labute approximate surface area is 169 Å². The maximum Gasteiger partial charge on any atom is 0.435 e. The minimum absolute atomic E-state index is 0.131. The minimum atomic E-state index is -4.78. The van der Waals surface area contributed by atoms with Gasteiger partial charge in [0, 0.05) is 0 Å². The number of fused-ring (bicyclic) bond motifs is 1. The lowest BCUT2D eigenvalue weighted by Gasteiger charge is -2.25. The molecule has 0 bridgehead atoms. The van der Waals surface area contributed by atoms with Crippen molar-refractivity contribution < 1.29 is 22.6 Å². The number of allylic oxidation sites excluding steroid dienone is 1. The fourth-order valence-corrected chi connectivity index (χ4v) is 3.45. The molecule has 9 heteroatoms. The Morgan fingerprint density at radius 3 is 2.53 bits per heavy atom. The van der Waals surface area contributed by atoms with Crippen molar-refractivity contribution >= 4 is 0 Å². The highest BCUT2D eigenvalue weighted by atomic mass is 19.4. The number of hydrogen-bond acceptors (Lipinski definition) is 5. The van der Waals surface area contributed by atoms with E-state index in [-0.39, 0.29) is 22.9 Å². The Morgan fingerprint density at radius 1 is 1.17 bits per heavy atom. The summed E-state index contributed by atoms with van der Waals surface area (Å²) in [4.78, 5) is 0. The van der Waals surface area contributed by atoms with E-state index in [1.165, 1.54) is 7.11 Å². The molecule has 1 aliphatic heterocycles. The van der Waals surface area contributed by atoms with Crippen molar-refractivity contribution in [1.29, 1.82) is 5.26 Å². The average molecular weight is 412 g/mol. The van der Waals surface area contributed by atoms with E-state index >= 15 is 0 Å². The molecule has 0 aliphatic carbocycles. The average Bonchev–Trinajstić information content (AvgIpc) is 3.12. The van der Waals surface area contributed by atoms with Crippen LogP contribution >= 0.6 is 0 Å². The molecular weight excluding hydrogens is 397 g/mol. The lowest BCUT2D eigenvalue weighted by molar-refractivity contribution is -0.142. The molecule has 3 aromatic rings. The maximum absolute atomic E-state index is 14.0. The standard InChI is InChI=1S/C21H15F3N4O2/c1-29-14-9-5-6-12(10-14)16-15(11-25)19(26)30-20-17(16)18(21(22,23)24)27-28(20)13-7-3-2-4-8-13/h2-10,16H,26H2,1H3. The van der Waals surface area contributed by atoms with Gasteiger partial charge in [-0.15, -0.1) is 0 Å². The summed E-state index contributed by atoms with van der Waals surface area (Å²) in [5, 5.41) is 13.5. The van der Waals surface area contributed by atoms with Gasteiger partial charge >= 0.3 is 6.18 Å². The van der Waals surface area contributed by atoms with E-state index in [9.17, 15) is 18.4 Å². The SMILES string of the molecule is COc1cccc(C2C(C#N)=C(N)Oc3c2c(C(F)(F)F)nn3-c2ccccc2)c1. The van der Waals surface area contributed by atoms with Crippen LogP contribution in [0.1, 0.15) is 22.7 Å². The first-order valence-corrected chi connectivity index (χ1v) is 8.82. The molecule has 0 radical (unpaired) electrons. The summed E-state index contributed by atoms with van der Waals surface area (Å²) in [6.45, 7) is 0. The smallest absolute Gasteiger partial charge is 0.435 e. The zero-order valence-corrected chi connectivity index (χ0v) is 15.6. The van der Waals surface area contributed by atoms with Gasteiger partial charge in [-0.3, -0.25) is 0 Å². The molecular formula is C21H15F3N4O2. The number of nitriles is 1. The van der Waals surface area contributed by atoms with Crippen molar-refractivity contribution in [2.75, 3.05) is 7.11 Å². The monoisotopic (exact) mass is 412 g/mol. The predicted octanol–water partition coefficient (Wildman–Crippen LogP) is 4.12. The molecule has 2 heterocycles. The molecule has 1 aliphatic rings. The van der Waals surface area contributed by atoms with Crippen LogP contribution in [0.3, 0.4) is 0 Å². The first-order valence-electron chi connectivity index (χ1n) is 8.82. The summed E-state index contributed by atoms with van der Waals surface area (Å²) in [7, 11) is 1.44. The molecule has 6 nitrogen and oxygen atoms in total. The van der Waals surface area contributed by atoms with Crippen molar-refractivity contribution in [3.8, 4) is 23.4 Å². The molecule has 4 rings (SSSR count). The van der Waals surface area contributed by atoms with Gasteiger partial charge in [0.25, 0.3) is 0 Å². The highest BCUT2D eigenvalue weighted by Crippen LogP contribution is 2.49. The highest BCUT2D eigenvalue weighted by Gasteiger charge is 2.46. The summed E-state index contributed by atoms with van der Waals surface area (Å²) in [6.07, 6.45) is -4.78. The van der Waals surface area contributed by atoms with Crippen LogP contribution < -0.4 is 15.2 Å². The zero-order valence-electron chi connectivity index (χ0n) is 15.6. The van der Waals surface area contributed by atoms with Crippen molar-refractivity contribution in [1.82, 2.24) is 9.78 Å². The first kappa shape index (κ1) is 19.4. The zero-order chi connectivity index (χ0) is 21.5. The molecule has 2 N–H and O–H groups in total. The molecule has 1 aromatic heterocycles. The van der Waals surface area contributed by atoms with Crippen LogP contribution in [0, 0.1) is 11.3 Å². The second-order valence-corrected chi connectivity index (χ2v) is 6.51. The largest absolute Gasteiger partial charge is 0.497 e. The Kier molecular flexibility index (Phi) is 4.62. The second kappa shape index (κ2) is 7.15. The highest BCUT2D eigenvalue weighted by molar-refractivity contribution is 5.58. The van der Waals surface area contributed by atoms with Crippen LogP contribution in [0.5, 0.6) is 11.6 Å². The Bertz CT molecular complexity index is 1180. The predicted molar refractivity (Wildman–Crippen MR) is 101 cm³/mol. The van der Waals surface area contributed by atoms with Crippen LogP contribution in [-0.4, -0.2) is 16.9 Å². The van der Waals surface area contributed by atoms with Gasteiger partial charge in [0.2, 0.25) is 11.8 Å². The number of methoxy groups -OCH3 is 1. The number of benzene rings is 2. The fourth-order valence-electron chi connectivity index (χ4n) is 3.45. The van der Waals surface area contributed by atoms with Gasteiger partial charge in [0.1, 0.15) is 17.4 Å². The molecule has 1 unspecified atom stereocenters. The third-order valence-corrected chi connectivity index (χ3v) is 4.74. The maximum atomic E-state index is 14.0. The van der Waals surface area contributed by atoms with Crippen LogP contribution in [0.25, 0.3) is 5.69 Å². The van der Waals surface area contributed by atoms with Gasteiger partial charge in [-0.2, -0.15) is 28.2 Å². The molecule has 1 atom stereocenters. The molecule has 0 fully saturated rings. The Morgan fingerprint density at radius 2 is 1.90 bits per heavy atom. The van der Waals surface area contributed by atoms with Crippen LogP contribution in [0.2, 0.25) is 0 Å². The van der Waals surface area contributed by atoms with E-state index in [4.69, 9.17) is 15.2 Å². The number of nitrogens with zero attached hydrogens (tertiary/aromatic N) is 3. The number of rotatable bonds is 3. The third kappa shape index (κ3) is 3.12. The van der Waals surface area contributed by atoms with Crippen LogP contribution in [-0.2, 0) is 6.18 Å². The molecule has 0 spiro atoms. The van der Waals surface area contributed by atoms with Crippen molar-refractivity contribution in [2.45, 2.75) is 12.1 Å². The normalized spacial score (nSPS) is 15.9. The second-order valence-electron chi connectivity index (χ2n) is 6.51. The van der Waals surface area contributed by atoms with Crippen LogP contribution in [0.4, 0.5) is 13.2 Å². The summed E-state index contributed by atoms with van der Waals surface area (Å²) in [5.74, 6) is -1.15. The van der Waals surface area contributed by atoms with Gasteiger partial charge in [-0.25, -0.2) is 0 Å². The number of aromatic nitrogens is 2. The van der Waals surface area contributed by atoms with Crippen molar-refractivity contribution in [3.05, 3.63) is 82.9 Å². The van der Waals surface area contributed by atoms with Gasteiger partial charge in [0.05, 0.1) is 24.3 Å². The summed E-state index contributed by atoms with van der Waals surface area (Å²) < 4.78 is 53.7. The van der Waals surface area contributed by atoms with E-state index in [2.05, 4.69) is 5.10 Å². The molecule has 0 saturated heterocycles. The van der Waals surface area contributed by atoms with E-state index in [1.807, 2.05) is 6.07 Å². The molecule has 2 aromatic carbocycles. The van der Waals surface area contributed by atoms with E-state index in [0.29, 0.717) is 17.0 Å². The summed E-state index contributed by atoms with van der Waals surface area (Å²) >= 11 is 0. The van der Waals surface area contributed by atoms with Gasteiger partial charge in [-0.1, -0.05) is 30.3 Å². The van der Waals surface area contributed by atoms with Crippen molar-refractivity contribution in [2.24, 2.45) is 5.73 Å². The lowest BCUT2D eigenvalue weighted by Crippen LogP contribution is -2.23. The quantitative estimate of drug-likeness (QED) is 0.700. The Hall–Kier alpha value is -3.93. The van der Waals surface area contributed by atoms with Gasteiger partial charge in [-0.05, 0) is 29.8 Å². The van der Waals surface area contributed by atoms with E-state index in [0.717, 1.165) is 4.68 Å². The number of alkyl halides is 3. The number of ether oxygens (including phenoxy) is 2. The molecule has 0 saturated carbocycles. The molecule has 0 amide bonds. The van der Waals surface area contributed by atoms with Gasteiger partial charge < -0.3 is 15.2 Å². The number of para-hydroxylation sites is 1. The van der Waals surface area contributed by atoms with E-state index in [1.54, 1.807) is 54.6 Å². The number of halogens is 3. The first-order chi connectivity index (χ1) is 14.3. The summed E-state index contributed by atoms with van der Waals surface area (Å²) in [6, 6.07) is 16.6. The molecule has 152 valence electrons. The topological polar surface area (TPSA) is 86.1 Å². The number of hydrogen-bond donors (Lipinski definition) is 1. The van der Waals surface area contributed by atoms with Crippen LogP contribution in [0.15, 0.2) is 66.1 Å². The van der Waals surface area contributed by atoms with Gasteiger partial charge in [0.15, 0.2) is 5.69 Å². The number of nitrogens with two attached hydrogens (primary N) is 1. The lowest BCUT2D eigenvalue weighted by atomic mass is 9.84. The van der Waals surface area contributed by atoms with Crippen molar-refractivity contribution in [3.63, 3.8) is 0 Å². The Balaban J connectivity index is 2.04. The fraction of sp³-hybridized carbons (Fsp3) is 0.143. The van der Waals surface area contributed by atoms with E-state index < -0.39 is 17.8 Å².